The number of rotatable bonds is 2. The van der Waals surface area contributed by atoms with Crippen LogP contribution in [0.5, 0.6) is 0 Å². The van der Waals surface area contributed by atoms with Crippen molar-refractivity contribution in [1.29, 1.82) is 0 Å². The molecule has 0 aromatic carbocycles. The lowest BCUT2D eigenvalue weighted by molar-refractivity contribution is -0.148. The van der Waals surface area contributed by atoms with Crippen LogP contribution in [0.15, 0.2) is 0 Å². The molecule has 0 saturated carbocycles. The van der Waals surface area contributed by atoms with E-state index in [1.165, 1.54) is 7.11 Å². The fraction of sp³-hybridized carbons (Fsp3) is 0.778. The van der Waals surface area contributed by atoms with E-state index in [1.54, 1.807) is 4.90 Å². The summed E-state index contributed by atoms with van der Waals surface area (Å²) < 4.78 is 4.76. The monoisotopic (exact) mass is 200 g/mol. The molecule has 14 heavy (non-hydrogen) atoms. The largest absolute Gasteiger partial charge is 0.375 e. The van der Waals surface area contributed by atoms with Gasteiger partial charge in [0.15, 0.2) is 0 Å². The van der Waals surface area contributed by atoms with Crippen molar-refractivity contribution >= 4 is 11.8 Å². The van der Waals surface area contributed by atoms with Crippen molar-refractivity contribution < 1.29 is 14.3 Å². The maximum absolute atomic E-state index is 11.6. The Bertz CT molecular complexity index is 250. The van der Waals surface area contributed by atoms with Gasteiger partial charge in [0.1, 0.15) is 13.2 Å². The van der Waals surface area contributed by atoms with E-state index in [0.29, 0.717) is 6.54 Å². The van der Waals surface area contributed by atoms with Gasteiger partial charge in [-0.2, -0.15) is 0 Å². The van der Waals surface area contributed by atoms with Gasteiger partial charge < -0.3 is 15.0 Å². The van der Waals surface area contributed by atoms with E-state index in [1.807, 2.05) is 13.8 Å². The molecule has 1 fully saturated rings. The SMILES string of the molecule is COCC(=O)N1CC(=O)NCC1(C)C. The summed E-state index contributed by atoms with van der Waals surface area (Å²) in [6, 6.07) is 0. The lowest BCUT2D eigenvalue weighted by Crippen LogP contribution is -2.62. The van der Waals surface area contributed by atoms with Crippen LogP contribution in [0, 0.1) is 0 Å². The lowest BCUT2D eigenvalue weighted by Gasteiger charge is -2.41. The molecule has 0 atom stereocenters. The Labute approximate surface area is 83.4 Å². The number of nitrogens with one attached hydrogen (secondary N) is 1. The average molecular weight is 200 g/mol. The molecule has 0 unspecified atom stereocenters. The van der Waals surface area contributed by atoms with Gasteiger partial charge in [-0.1, -0.05) is 0 Å². The number of hydrogen-bond acceptors (Lipinski definition) is 3. The number of nitrogens with zero attached hydrogens (tertiary/aromatic N) is 1. The molecule has 80 valence electrons. The van der Waals surface area contributed by atoms with E-state index in [0.717, 1.165) is 0 Å². The molecule has 1 N–H and O–H groups in total. The fourth-order valence-corrected chi connectivity index (χ4v) is 1.45. The van der Waals surface area contributed by atoms with Crippen molar-refractivity contribution in [1.82, 2.24) is 10.2 Å². The summed E-state index contributed by atoms with van der Waals surface area (Å²) in [4.78, 5) is 24.3. The second kappa shape index (κ2) is 3.96. The zero-order valence-corrected chi connectivity index (χ0v) is 8.79. The highest BCUT2D eigenvalue weighted by molar-refractivity contribution is 5.87. The molecule has 5 nitrogen and oxygen atoms in total. The standard InChI is InChI=1S/C9H16N2O3/c1-9(2)6-10-7(12)4-11(9)8(13)5-14-3/h4-6H2,1-3H3,(H,10,12). The smallest absolute Gasteiger partial charge is 0.249 e. The molecule has 1 rings (SSSR count). The van der Waals surface area contributed by atoms with Gasteiger partial charge in [0.2, 0.25) is 11.8 Å². The summed E-state index contributed by atoms with van der Waals surface area (Å²) in [5, 5.41) is 2.73. The van der Waals surface area contributed by atoms with Crippen molar-refractivity contribution in [2.75, 3.05) is 26.8 Å². The maximum atomic E-state index is 11.6. The Kier molecular flexibility index (Phi) is 3.10. The number of carbonyl (C=O) groups is 2. The summed E-state index contributed by atoms with van der Waals surface area (Å²) in [6.07, 6.45) is 0. The van der Waals surface area contributed by atoms with Crippen LogP contribution in [0.1, 0.15) is 13.8 Å². The second-order valence-electron chi connectivity index (χ2n) is 4.00. The number of hydrogen-bond donors (Lipinski definition) is 1. The van der Waals surface area contributed by atoms with Crippen molar-refractivity contribution in [3.05, 3.63) is 0 Å². The first kappa shape index (κ1) is 11.0. The van der Waals surface area contributed by atoms with Gasteiger partial charge in [-0.15, -0.1) is 0 Å². The van der Waals surface area contributed by atoms with Crippen LogP contribution in [0.25, 0.3) is 0 Å². The normalized spacial score (nSPS) is 20.5. The number of amides is 2. The van der Waals surface area contributed by atoms with Crippen molar-refractivity contribution in [3.8, 4) is 0 Å². The first-order valence-corrected chi connectivity index (χ1v) is 4.53. The van der Waals surface area contributed by atoms with Crippen LogP contribution < -0.4 is 5.32 Å². The first-order chi connectivity index (χ1) is 6.47. The lowest BCUT2D eigenvalue weighted by atomic mass is 10.00. The van der Waals surface area contributed by atoms with E-state index in [4.69, 9.17) is 4.74 Å². The van der Waals surface area contributed by atoms with Crippen LogP contribution in [0.3, 0.4) is 0 Å². The van der Waals surface area contributed by atoms with Gasteiger partial charge in [0.25, 0.3) is 0 Å². The van der Waals surface area contributed by atoms with Gasteiger partial charge in [-0.05, 0) is 13.8 Å². The van der Waals surface area contributed by atoms with Crippen LogP contribution in [0.2, 0.25) is 0 Å². The number of carbonyl (C=O) groups excluding carboxylic acids is 2. The molecule has 0 aliphatic carbocycles. The maximum Gasteiger partial charge on any atom is 0.249 e. The van der Waals surface area contributed by atoms with Gasteiger partial charge in [0.05, 0.1) is 5.54 Å². The molecule has 0 bridgehead atoms. The number of piperazine rings is 1. The first-order valence-electron chi connectivity index (χ1n) is 4.53. The summed E-state index contributed by atoms with van der Waals surface area (Å²) >= 11 is 0. The van der Waals surface area contributed by atoms with Gasteiger partial charge in [0, 0.05) is 13.7 Å². The van der Waals surface area contributed by atoms with Crippen LogP contribution in [-0.2, 0) is 14.3 Å². The molecule has 0 aromatic rings. The summed E-state index contributed by atoms with van der Waals surface area (Å²) in [7, 11) is 1.47. The highest BCUT2D eigenvalue weighted by atomic mass is 16.5. The minimum absolute atomic E-state index is 0.0245. The van der Waals surface area contributed by atoms with Crippen LogP contribution >= 0.6 is 0 Å². The molecule has 1 aliphatic rings. The Hall–Kier alpha value is -1.10. The topological polar surface area (TPSA) is 58.6 Å². The molecule has 1 aliphatic heterocycles. The van der Waals surface area contributed by atoms with Gasteiger partial charge in [-0.3, -0.25) is 9.59 Å². The minimum Gasteiger partial charge on any atom is -0.375 e. The molecule has 2 amide bonds. The molecular weight excluding hydrogens is 184 g/mol. The molecule has 0 spiro atoms. The molecule has 1 saturated heterocycles. The Balaban J connectivity index is 2.71. The molecular formula is C9H16N2O3. The minimum atomic E-state index is -0.330. The van der Waals surface area contributed by atoms with Gasteiger partial charge in [-0.25, -0.2) is 0 Å². The third kappa shape index (κ3) is 2.23. The molecule has 0 radical (unpaired) electrons. The van der Waals surface area contributed by atoms with Crippen molar-refractivity contribution in [2.24, 2.45) is 0 Å². The van der Waals surface area contributed by atoms with Crippen LogP contribution in [0.4, 0.5) is 0 Å². The van der Waals surface area contributed by atoms with Crippen LogP contribution in [-0.4, -0.2) is 49.1 Å². The Morgan fingerprint density at radius 2 is 2.29 bits per heavy atom. The van der Waals surface area contributed by atoms with E-state index in [2.05, 4.69) is 5.32 Å². The van der Waals surface area contributed by atoms with E-state index >= 15 is 0 Å². The third-order valence-electron chi connectivity index (χ3n) is 2.32. The van der Waals surface area contributed by atoms with Gasteiger partial charge >= 0.3 is 0 Å². The van der Waals surface area contributed by atoms with E-state index in [9.17, 15) is 9.59 Å². The molecule has 0 aromatic heterocycles. The predicted octanol–water partition coefficient (Wildman–Crippen LogP) is -0.630. The average Bonchev–Trinajstić information content (AvgIpc) is 2.10. The quantitative estimate of drug-likeness (QED) is 0.645. The third-order valence-corrected chi connectivity index (χ3v) is 2.32. The Morgan fingerprint density at radius 1 is 1.64 bits per heavy atom. The molecule has 5 heteroatoms. The van der Waals surface area contributed by atoms with E-state index < -0.39 is 0 Å². The van der Waals surface area contributed by atoms with E-state index in [-0.39, 0.29) is 30.5 Å². The van der Waals surface area contributed by atoms with Crippen molar-refractivity contribution in [2.45, 2.75) is 19.4 Å². The number of ether oxygens (including phenoxy) is 1. The fourth-order valence-electron chi connectivity index (χ4n) is 1.45. The summed E-state index contributed by atoms with van der Waals surface area (Å²) in [6.45, 7) is 4.47. The highest BCUT2D eigenvalue weighted by Gasteiger charge is 2.36. The molecule has 1 heterocycles. The zero-order valence-electron chi connectivity index (χ0n) is 8.79. The van der Waals surface area contributed by atoms with Crippen molar-refractivity contribution in [3.63, 3.8) is 0 Å². The zero-order chi connectivity index (χ0) is 10.8. The Morgan fingerprint density at radius 3 is 2.86 bits per heavy atom. The highest BCUT2D eigenvalue weighted by Crippen LogP contribution is 2.16. The summed E-state index contributed by atoms with van der Waals surface area (Å²) in [5.41, 5.74) is -0.330. The predicted molar refractivity (Wildman–Crippen MR) is 50.7 cm³/mol. The summed E-state index contributed by atoms with van der Waals surface area (Å²) in [5.74, 6) is -0.263. The second-order valence-corrected chi connectivity index (χ2v) is 4.00. The number of methoxy groups -OCH3 is 1.